The van der Waals surface area contributed by atoms with Crippen molar-refractivity contribution in [1.29, 1.82) is 0 Å². The minimum absolute atomic E-state index is 0.210. The fraction of sp³-hybridized carbons (Fsp3) is 0.316. The first-order valence-corrected chi connectivity index (χ1v) is 9.15. The van der Waals surface area contributed by atoms with Crippen LogP contribution in [0.25, 0.3) is 0 Å². The predicted octanol–water partition coefficient (Wildman–Crippen LogP) is 4.01. The third kappa shape index (κ3) is 4.74. The molecule has 26 heavy (non-hydrogen) atoms. The molecule has 138 valence electrons. The number of carbonyl (C=O) groups excluding carboxylic acids is 1. The van der Waals surface area contributed by atoms with Crippen molar-refractivity contribution in [3.8, 4) is 5.75 Å². The Morgan fingerprint density at radius 2 is 2.08 bits per heavy atom. The summed E-state index contributed by atoms with van der Waals surface area (Å²) in [6.07, 6.45) is 0.866. The van der Waals surface area contributed by atoms with E-state index >= 15 is 0 Å². The van der Waals surface area contributed by atoms with Crippen molar-refractivity contribution >= 4 is 23.4 Å². The number of amides is 1. The van der Waals surface area contributed by atoms with Crippen molar-refractivity contribution in [3.63, 3.8) is 0 Å². The van der Waals surface area contributed by atoms with Gasteiger partial charge in [0.05, 0.1) is 19.3 Å². The fourth-order valence-electron chi connectivity index (χ4n) is 3.02. The number of alkyl halides is 2. The van der Waals surface area contributed by atoms with Crippen molar-refractivity contribution < 1.29 is 18.3 Å². The smallest absolute Gasteiger partial charge is 0.288 e. The van der Waals surface area contributed by atoms with Crippen molar-refractivity contribution in [1.82, 2.24) is 4.90 Å². The van der Waals surface area contributed by atoms with Crippen molar-refractivity contribution in [2.24, 2.45) is 0 Å². The van der Waals surface area contributed by atoms with E-state index in [1.807, 2.05) is 17.0 Å². The molecule has 1 amide bonds. The molecule has 0 aromatic heterocycles. The first kappa shape index (κ1) is 18.7. The van der Waals surface area contributed by atoms with Crippen molar-refractivity contribution in [2.75, 3.05) is 25.5 Å². The monoisotopic (exact) mass is 378 g/mol. The molecular formula is C19H20F2N2O2S. The average Bonchev–Trinajstić information content (AvgIpc) is 2.62. The molecule has 2 aromatic carbocycles. The van der Waals surface area contributed by atoms with E-state index in [0.29, 0.717) is 28.9 Å². The number of carbonyl (C=O) groups is 1. The quantitative estimate of drug-likeness (QED) is 0.772. The lowest BCUT2D eigenvalue weighted by atomic mass is 9.99. The Hall–Kier alpha value is -2.12. The van der Waals surface area contributed by atoms with Gasteiger partial charge in [-0.15, -0.1) is 0 Å². The lowest BCUT2D eigenvalue weighted by Crippen LogP contribution is -2.37. The minimum Gasteiger partial charge on any atom is -0.497 e. The summed E-state index contributed by atoms with van der Waals surface area (Å²) < 4.78 is 30.5. The maximum Gasteiger partial charge on any atom is 0.288 e. The maximum atomic E-state index is 12.6. The highest BCUT2D eigenvalue weighted by Crippen LogP contribution is 2.31. The summed E-state index contributed by atoms with van der Waals surface area (Å²) in [6, 6.07) is 12.6. The molecule has 1 aliphatic rings. The zero-order valence-electron chi connectivity index (χ0n) is 14.4. The number of ether oxygens (including phenoxy) is 1. The van der Waals surface area contributed by atoms with Crippen molar-refractivity contribution in [2.45, 2.75) is 23.6 Å². The van der Waals surface area contributed by atoms with Crippen LogP contribution in [-0.4, -0.2) is 36.8 Å². The van der Waals surface area contributed by atoms with E-state index in [1.165, 1.54) is 5.56 Å². The number of halogens is 2. The highest BCUT2D eigenvalue weighted by Gasteiger charge is 2.20. The zero-order chi connectivity index (χ0) is 18.5. The third-order valence-corrected chi connectivity index (χ3v) is 5.04. The molecule has 4 nitrogen and oxygen atoms in total. The van der Waals surface area contributed by atoms with Gasteiger partial charge >= 0.3 is 0 Å². The number of thioether (sulfide) groups is 1. The second-order valence-electron chi connectivity index (χ2n) is 6.02. The number of hydrogen-bond acceptors (Lipinski definition) is 4. The van der Waals surface area contributed by atoms with Gasteiger partial charge in [-0.1, -0.05) is 30.0 Å². The van der Waals surface area contributed by atoms with Crippen LogP contribution in [0, 0.1) is 0 Å². The Morgan fingerprint density at radius 3 is 2.85 bits per heavy atom. The second kappa shape index (κ2) is 8.51. The Balaban J connectivity index is 1.62. The molecule has 1 heterocycles. The van der Waals surface area contributed by atoms with E-state index in [1.54, 1.807) is 31.4 Å². The topological polar surface area (TPSA) is 41.6 Å². The van der Waals surface area contributed by atoms with Gasteiger partial charge in [0.2, 0.25) is 5.91 Å². The largest absolute Gasteiger partial charge is 0.497 e. The van der Waals surface area contributed by atoms with Crippen LogP contribution in [-0.2, 0) is 17.8 Å². The van der Waals surface area contributed by atoms with Gasteiger partial charge in [0.1, 0.15) is 5.75 Å². The molecule has 2 aromatic rings. The number of nitrogens with zero attached hydrogens (tertiary/aromatic N) is 1. The van der Waals surface area contributed by atoms with E-state index in [-0.39, 0.29) is 12.5 Å². The normalized spacial score (nSPS) is 14.2. The van der Waals surface area contributed by atoms with Gasteiger partial charge in [-0.25, -0.2) is 0 Å². The number of hydrogen-bond donors (Lipinski definition) is 1. The summed E-state index contributed by atoms with van der Waals surface area (Å²) in [5.41, 5.74) is 2.83. The van der Waals surface area contributed by atoms with E-state index in [4.69, 9.17) is 4.74 Å². The predicted molar refractivity (Wildman–Crippen MR) is 98.9 cm³/mol. The maximum absolute atomic E-state index is 12.6. The Labute approximate surface area is 155 Å². The summed E-state index contributed by atoms with van der Waals surface area (Å²) in [5.74, 6) is -1.94. The molecule has 0 saturated heterocycles. The number of methoxy groups -OCH3 is 1. The molecule has 0 spiro atoms. The minimum atomic E-state index is -2.53. The van der Waals surface area contributed by atoms with Gasteiger partial charge in [0.15, 0.2) is 0 Å². The van der Waals surface area contributed by atoms with E-state index in [0.717, 1.165) is 24.3 Å². The molecule has 0 bridgehead atoms. The number of fused-ring (bicyclic) bond motifs is 1. The number of para-hydroxylation sites is 1. The van der Waals surface area contributed by atoms with Gasteiger partial charge in [-0.3, -0.25) is 9.69 Å². The molecule has 0 atom stereocenters. The van der Waals surface area contributed by atoms with Crippen LogP contribution in [0.5, 0.6) is 5.75 Å². The standard InChI is InChI=1S/C19H20F2N2O2S/c1-25-15-7-6-13-8-9-23(11-14(13)10-15)12-18(24)22-16-4-2-3-5-17(16)26-19(20)21/h2-7,10,19H,8-9,11-12H2,1H3,(H,22,24). The zero-order valence-corrected chi connectivity index (χ0v) is 15.2. The van der Waals surface area contributed by atoms with Gasteiger partial charge in [0.25, 0.3) is 5.76 Å². The number of nitrogens with one attached hydrogen (secondary N) is 1. The summed E-state index contributed by atoms with van der Waals surface area (Å²) in [5, 5.41) is 2.75. The number of rotatable bonds is 6. The Kier molecular flexibility index (Phi) is 6.11. The van der Waals surface area contributed by atoms with Crippen LogP contribution in [0.2, 0.25) is 0 Å². The van der Waals surface area contributed by atoms with Crippen LogP contribution in [0.1, 0.15) is 11.1 Å². The average molecular weight is 378 g/mol. The summed E-state index contributed by atoms with van der Waals surface area (Å²) in [6.45, 7) is 1.65. The van der Waals surface area contributed by atoms with Crippen LogP contribution in [0.15, 0.2) is 47.4 Å². The SMILES string of the molecule is COc1ccc2c(c1)CN(CC(=O)Nc1ccccc1SC(F)F)CC2. The molecular weight excluding hydrogens is 358 g/mol. The molecule has 0 aliphatic carbocycles. The van der Waals surface area contributed by atoms with E-state index in [9.17, 15) is 13.6 Å². The molecule has 1 N–H and O–H groups in total. The molecule has 0 saturated carbocycles. The summed E-state index contributed by atoms with van der Waals surface area (Å²) in [7, 11) is 1.63. The Bertz CT molecular complexity index is 786. The highest BCUT2D eigenvalue weighted by atomic mass is 32.2. The summed E-state index contributed by atoms with van der Waals surface area (Å²) >= 11 is 0.432. The van der Waals surface area contributed by atoms with Crippen molar-refractivity contribution in [3.05, 3.63) is 53.6 Å². The molecule has 1 aliphatic heterocycles. The summed E-state index contributed by atoms with van der Waals surface area (Å²) in [4.78, 5) is 14.8. The highest BCUT2D eigenvalue weighted by molar-refractivity contribution is 7.99. The van der Waals surface area contributed by atoms with Crippen LogP contribution >= 0.6 is 11.8 Å². The molecule has 0 fully saturated rings. The fourth-order valence-corrected chi connectivity index (χ4v) is 3.61. The first-order chi connectivity index (χ1) is 12.5. The van der Waals surface area contributed by atoms with Crippen LogP contribution in [0.4, 0.5) is 14.5 Å². The van der Waals surface area contributed by atoms with Crippen LogP contribution < -0.4 is 10.1 Å². The number of anilines is 1. The second-order valence-corrected chi connectivity index (χ2v) is 7.05. The van der Waals surface area contributed by atoms with Gasteiger partial charge in [-0.2, -0.15) is 8.78 Å². The third-order valence-electron chi connectivity index (χ3n) is 4.25. The molecule has 3 rings (SSSR count). The lowest BCUT2D eigenvalue weighted by molar-refractivity contribution is -0.117. The van der Waals surface area contributed by atoms with Crippen LogP contribution in [0.3, 0.4) is 0 Å². The first-order valence-electron chi connectivity index (χ1n) is 8.27. The number of benzene rings is 2. The molecule has 7 heteroatoms. The van der Waals surface area contributed by atoms with Gasteiger partial charge in [0, 0.05) is 18.0 Å². The van der Waals surface area contributed by atoms with E-state index in [2.05, 4.69) is 11.4 Å². The van der Waals surface area contributed by atoms with Gasteiger partial charge in [-0.05, 0) is 41.8 Å². The lowest BCUT2D eigenvalue weighted by Gasteiger charge is -2.28. The Morgan fingerprint density at radius 1 is 1.27 bits per heavy atom. The molecule has 0 unspecified atom stereocenters. The van der Waals surface area contributed by atoms with E-state index < -0.39 is 5.76 Å². The molecule has 0 radical (unpaired) electrons. The van der Waals surface area contributed by atoms with Gasteiger partial charge < -0.3 is 10.1 Å².